The van der Waals surface area contributed by atoms with Gasteiger partial charge >= 0.3 is 0 Å². The molecule has 0 bridgehead atoms. The number of benzene rings is 1. The van der Waals surface area contributed by atoms with Crippen molar-refractivity contribution in [2.75, 3.05) is 20.6 Å². The van der Waals surface area contributed by atoms with E-state index >= 15 is 0 Å². The molecule has 1 aromatic carbocycles. The van der Waals surface area contributed by atoms with Gasteiger partial charge in [-0.1, -0.05) is 25.8 Å². The standard InChI is InChI=1S/C15H25BrN2O2S/c1-5-6-7-8-18(4)21(19,20)14-10-13(11-17-3)9-12(2)15(14)16/h9-10,17H,5-8,11H2,1-4H3. The third kappa shape index (κ3) is 4.77. The lowest BCUT2D eigenvalue weighted by molar-refractivity contribution is 0.454. The predicted molar refractivity (Wildman–Crippen MR) is 91.0 cm³/mol. The third-order valence-electron chi connectivity index (χ3n) is 3.43. The van der Waals surface area contributed by atoms with Crippen LogP contribution in [0.25, 0.3) is 0 Å². The van der Waals surface area contributed by atoms with Crippen molar-refractivity contribution in [2.45, 2.75) is 44.6 Å². The molecule has 1 N–H and O–H groups in total. The Bertz CT molecular complexity index is 573. The second-order valence-corrected chi connectivity index (χ2v) is 8.10. The zero-order valence-corrected chi connectivity index (χ0v) is 15.6. The minimum atomic E-state index is -3.45. The average Bonchev–Trinajstić information content (AvgIpc) is 2.42. The second kappa shape index (κ2) is 8.27. The highest BCUT2D eigenvalue weighted by molar-refractivity contribution is 9.10. The Morgan fingerprint density at radius 1 is 1.29 bits per heavy atom. The molecule has 0 aliphatic heterocycles. The molecule has 1 rings (SSSR count). The van der Waals surface area contributed by atoms with Crippen LogP contribution in [0.4, 0.5) is 0 Å². The van der Waals surface area contributed by atoms with Crippen LogP contribution in [0, 0.1) is 6.92 Å². The lowest BCUT2D eigenvalue weighted by atomic mass is 10.1. The molecule has 0 aliphatic rings. The third-order valence-corrected chi connectivity index (χ3v) is 6.62. The summed E-state index contributed by atoms with van der Waals surface area (Å²) in [5, 5.41) is 3.06. The van der Waals surface area contributed by atoms with E-state index in [1.165, 1.54) is 4.31 Å². The van der Waals surface area contributed by atoms with Gasteiger partial charge in [0.25, 0.3) is 0 Å². The van der Waals surface area contributed by atoms with E-state index in [0.29, 0.717) is 22.5 Å². The molecular weight excluding hydrogens is 352 g/mol. The number of aryl methyl sites for hydroxylation is 1. The molecule has 0 aliphatic carbocycles. The number of unbranched alkanes of at least 4 members (excludes halogenated alkanes) is 2. The van der Waals surface area contributed by atoms with Crippen LogP contribution in [0.2, 0.25) is 0 Å². The molecule has 1 aromatic rings. The summed E-state index contributed by atoms with van der Waals surface area (Å²) in [4.78, 5) is 0.353. The Morgan fingerprint density at radius 3 is 2.52 bits per heavy atom. The van der Waals surface area contributed by atoms with Crippen LogP contribution in [0.5, 0.6) is 0 Å². The van der Waals surface area contributed by atoms with Crippen molar-refractivity contribution in [1.29, 1.82) is 0 Å². The Kier molecular flexibility index (Phi) is 7.33. The van der Waals surface area contributed by atoms with Crippen LogP contribution >= 0.6 is 15.9 Å². The van der Waals surface area contributed by atoms with E-state index in [-0.39, 0.29) is 0 Å². The van der Waals surface area contributed by atoms with Gasteiger partial charge in [-0.2, -0.15) is 0 Å². The van der Waals surface area contributed by atoms with Gasteiger partial charge in [-0.15, -0.1) is 0 Å². The van der Waals surface area contributed by atoms with Gasteiger partial charge < -0.3 is 5.32 Å². The quantitative estimate of drug-likeness (QED) is 0.708. The Morgan fingerprint density at radius 2 is 1.95 bits per heavy atom. The summed E-state index contributed by atoms with van der Waals surface area (Å²) in [5.74, 6) is 0. The highest BCUT2D eigenvalue weighted by Crippen LogP contribution is 2.29. The van der Waals surface area contributed by atoms with Crippen LogP contribution in [-0.4, -0.2) is 33.4 Å². The second-order valence-electron chi connectivity index (χ2n) is 5.29. The van der Waals surface area contributed by atoms with Gasteiger partial charge in [0.15, 0.2) is 0 Å². The van der Waals surface area contributed by atoms with Crippen molar-refractivity contribution in [2.24, 2.45) is 0 Å². The summed E-state index contributed by atoms with van der Waals surface area (Å²) in [5.41, 5.74) is 1.90. The van der Waals surface area contributed by atoms with Gasteiger partial charge in [0.1, 0.15) is 0 Å². The summed E-state index contributed by atoms with van der Waals surface area (Å²) >= 11 is 3.43. The first-order valence-corrected chi connectivity index (χ1v) is 9.47. The molecule has 0 saturated heterocycles. The number of nitrogens with zero attached hydrogens (tertiary/aromatic N) is 1. The Labute approximate surface area is 137 Å². The zero-order valence-electron chi connectivity index (χ0n) is 13.2. The van der Waals surface area contributed by atoms with Crippen LogP contribution in [0.3, 0.4) is 0 Å². The predicted octanol–water partition coefficient (Wildman–Crippen LogP) is 3.29. The molecule has 0 spiro atoms. The van der Waals surface area contributed by atoms with Crippen molar-refractivity contribution in [1.82, 2.24) is 9.62 Å². The number of halogens is 1. The first-order chi connectivity index (χ1) is 9.84. The van der Waals surface area contributed by atoms with E-state index in [0.717, 1.165) is 30.4 Å². The van der Waals surface area contributed by atoms with Crippen molar-refractivity contribution in [3.63, 3.8) is 0 Å². The van der Waals surface area contributed by atoms with Gasteiger partial charge in [-0.25, -0.2) is 12.7 Å². The number of hydrogen-bond acceptors (Lipinski definition) is 3. The molecule has 0 saturated carbocycles. The van der Waals surface area contributed by atoms with Crippen molar-refractivity contribution in [3.8, 4) is 0 Å². The minimum Gasteiger partial charge on any atom is -0.316 e. The van der Waals surface area contributed by atoms with Crippen molar-refractivity contribution >= 4 is 26.0 Å². The molecule has 0 fully saturated rings. The van der Waals surface area contributed by atoms with Gasteiger partial charge in [-0.3, -0.25) is 0 Å². The fourth-order valence-corrected chi connectivity index (χ4v) is 4.41. The highest BCUT2D eigenvalue weighted by Gasteiger charge is 2.24. The smallest absolute Gasteiger partial charge is 0.243 e. The van der Waals surface area contributed by atoms with Crippen molar-refractivity contribution in [3.05, 3.63) is 27.7 Å². The molecule has 0 atom stereocenters. The summed E-state index contributed by atoms with van der Waals surface area (Å²) in [6.07, 6.45) is 3.01. The zero-order chi connectivity index (χ0) is 16.0. The molecule has 6 heteroatoms. The lowest BCUT2D eigenvalue weighted by Crippen LogP contribution is -2.28. The monoisotopic (exact) mass is 376 g/mol. The summed E-state index contributed by atoms with van der Waals surface area (Å²) in [7, 11) is 0.0452. The topological polar surface area (TPSA) is 49.4 Å². The van der Waals surface area contributed by atoms with E-state index < -0.39 is 10.0 Å². The summed E-state index contributed by atoms with van der Waals surface area (Å²) in [6, 6.07) is 3.75. The van der Waals surface area contributed by atoms with Crippen LogP contribution in [-0.2, 0) is 16.6 Å². The maximum Gasteiger partial charge on any atom is 0.243 e. The molecule has 0 aromatic heterocycles. The number of rotatable bonds is 8. The van der Waals surface area contributed by atoms with Crippen LogP contribution in [0.1, 0.15) is 37.3 Å². The molecule has 0 radical (unpaired) electrons. The molecule has 0 unspecified atom stereocenters. The Hall–Kier alpha value is -0.430. The highest BCUT2D eigenvalue weighted by atomic mass is 79.9. The van der Waals surface area contributed by atoms with E-state index in [1.54, 1.807) is 13.1 Å². The fraction of sp³-hybridized carbons (Fsp3) is 0.600. The molecule has 0 amide bonds. The fourth-order valence-electron chi connectivity index (χ4n) is 2.18. The molecule has 120 valence electrons. The first-order valence-electron chi connectivity index (χ1n) is 7.24. The first kappa shape index (κ1) is 18.6. The van der Waals surface area contributed by atoms with Crippen molar-refractivity contribution < 1.29 is 8.42 Å². The van der Waals surface area contributed by atoms with Gasteiger partial charge in [-0.05, 0) is 53.5 Å². The number of sulfonamides is 1. The van der Waals surface area contributed by atoms with Gasteiger partial charge in [0, 0.05) is 24.6 Å². The van der Waals surface area contributed by atoms with Gasteiger partial charge in [0.2, 0.25) is 10.0 Å². The van der Waals surface area contributed by atoms with E-state index in [2.05, 4.69) is 28.2 Å². The molecule has 21 heavy (non-hydrogen) atoms. The SMILES string of the molecule is CCCCCN(C)S(=O)(=O)c1cc(CNC)cc(C)c1Br. The minimum absolute atomic E-state index is 0.353. The normalized spacial score (nSPS) is 12.1. The van der Waals surface area contributed by atoms with Crippen LogP contribution in [0.15, 0.2) is 21.5 Å². The average molecular weight is 377 g/mol. The van der Waals surface area contributed by atoms with E-state index in [4.69, 9.17) is 0 Å². The number of nitrogens with one attached hydrogen (secondary N) is 1. The summed E-state index contributed by atoms with van der Waals surface area (Å²) < 4.78 is 27.6. The molecule has 4 nitrogen and oxygen atoms in total. The number of hydrogen-bond donors (Lipinski definition) is 1. The van der Waals surface area contributed by atoms with E-state index in [1.807, 2.05) is 20.0 Å². The largest absolute Gasteiger partial charge is 0.316 e. The van der Waals surface area contributed by atoms with E-state index in [9.17, 15) is 8.42 Å². The summed E-state index contributed by atoms with van der Waals surface area (Å²) in [6.45, 7) is 5.23. The maximum atomic E-state index is 12.7. The molecular formula is C15H25BrN2O2S. The lowest BCUT2D eigenvalue weighted by Gasteiger charge is -2.19. The maximum absolute atomic E-state index is 12.7. The molecule has 0 heterocycles. The van der Waals surface area contributed by atoms with Crippen LogP contribution < -0.4 is 5.32 Å². The Balaban J connectivity index is 3.11. The van der Waals surface area contributed by atoms with Gasteiger partial charge in [0.05, 0.1) is 4.90 Å².